The lowest BCUT2D eigenvalue weighted by Gasteiger charge is -2.22. The molecule has 24 heavy (non-hydrogen) atoms. The molecule has 1 saturated heterocycles. The van der Waals surface area contributed by atoms with Crippen molar-refractivity contribution in [2.45, 2.75) is 32.2 Å². The lowest BCUT2D eigenvalue weighted by Crippen LogP contribution is -2.24. The molecule has 134 valence electrons. The van der Waals surface area contributed by atoms with Gasteiger partial charge in [0.15, 0.2) is 6.29 Å². The summed E-state index contributed by atoms with van der Waals surface area (Å²) >= 11 is 0. The average molecular weight is 338 g/mol. The first-order valence-corrected chi connectivity index (χ1v) is 8.35. The number of rotatable bonds is 10. The number of hydrogen-bond donors (Lipinski definition) is 0. The topological polar surface area (TPSA) is 63.2 Å². The van der Waals surface area contributed by atoms with Crippen molar-refractivity contribution in [3.05, 3.63) is 35.4 Å². The average Bonchev–Trinajstić information content (AvgIpc) is 2.64. The number of esters is 1. The highest BCUT2D eigenvalue weighted by molar-refractivity contribution is 5.89. The molecule has 0 N–H and O–H groups in total. The third-order valence-electron chi connectivity index (χ3n) is 3.69. The Morgan fingerprint density at radius 2 is 1.83 bits per heavy atom. The second-order valence-corrected chi connectivity index (χ2v) is 5.52. The molecule has 6 nitrogen and oxygen atoms in total. The van der Waals surface area contributed by atoms with Crippen LogP contribution in [0.4, 0.5) is 0 Å². The van der Waals surface area contributed by atoms with Gasteiger partial charge < -0.3 is 23.7 Å². The van der Waals surface area contributed by atoms with Crippen LogP contribution in [-0.4, -0.2) is 52.4 Å². The molecule has 0 bridgehead atoms. The summed E-state index contributed by atoms with van der Waals surface area (Å²) in [7, 11) is 1.37. The van der Waals surface area contributed by atoms with Crippen molar-refractivity contribution in [3.63, 3.8) is 0 Å². The minimum Gasteiger partial charge on any atom is -0.465 e. The van der Waals surface area contributed by atoms with E-state index in [4.69, 9.17) is 18.9 Å². The quantitative estimate of drug-likeness (QED) is 0.483. The Balaban J connectivity index is 1.47. The molecule has 0 amide bonds. The van der Waals surface area contributed by atoms with Gasteiger partial charge in [-0.15, -0.1) is 0 Å². The Labute approximate surface area is 143 Å². The largest absolute Gasteiger partial charge is 0.465 e. The summed E-state index contributed by atoms with van der Waals surface area (Å²) in [5.41, 5.74) is 1.53. The summed E-state index contributed by atoms with van der Waals surface area (Å²) in [6.07, 6.45) is 3.20. The van der Waals surface area contributed by atoms with E-state index in [2.05, 4.69) is 4.74 Å². The van der Waals surface area contributed by atoms with E-state index in [9.17, 15) is 4.79 Å². The molecule has 0 radical (unpaired) electrons. The van der Waals surface area contributed by atoms with Crippen LogP contribution in [0.1, 0.15) is 35.2 Å². The van der Waals surface area contributed by atoms with Gasteiger partial charge >= 0.3 is 5.97 Å². The van der Waals surface area contributed by atoms with E-state index < -0.39 is 0 Å². The monoisotopic (exact) mass is 338 g/mol. The van der Waals surface area contributed by atoms with Gasteiger partial charge in [0.05, 0.1) is 45.7 Å². The van der Waals surface area contributed by atoms with Crippen LogP contribution in [0, 0.1) is 0 Å². The van der Waals surface area contributed by atoms with Gasteiger partial charge in [-0.2, -0.15) is 0 Å². The normalized spacial score (nSPS) is 17.6. The van der Waals surface area contributed by atoms with Crippen molar-refractivity contribution in [1.82, 2.24) is 0 Å². The van der Waals surface area contributed by atoms with Gasteiger partial charge in [0, 0.05) is 6.61 Å². The summed E-state index contributed by atoms with van der Waals surface area (Å²) in [5, 5.41) is 0. The van der Waals surface area contributed by atoms with E-state index in [1.54, 1.807) is 12.1 Å². The van der Waals surface area contributed by atoms with Crippen molar-refractivity contribution >= 4 is 5.97 Å². The molecule has 2 rings (SSSR count). The zero-order valence-electron chi connectivity index (χ0n) is 14.2. The minimum atomic E-state index is -0.336. The molecule has 1 unspecified atom stereocenters. The first kappa shape index (κ1) is 18.9. The van der Waals surface area contributed by atoms with Crippen LogP contribution >= 0.6 is 0 Å². The third-order valence-corrected chi connectivity index (χ3v) is 3.69. The molecular formula is C18H26O6. The van der Waals surface area contributed by atoms with Gasteiger partial charge in [0.2, 0.25) is 0 Å². The molecule has 0 aliphatic carbocycles. The standard InChI is InChI=1S/C18H26O6/c1-20-18(19)16-7-5-15(6-8-16)14-22-11-10-21-12-13-24-17-4-2-3-9-23-17/h5-8,17H,2-4,9-14H2,1H3. The number of carbonyl (C=O) groups is 1. The van der Waals surface area contributed by atoms with Gasteiger partial charge in [-0.25, -0.2) is 4.79 Å². The van der Waals surface area contributed by atoms with Crippen molar-refractivity contribution < 1.29 is 28.5 Å². The van der Waals surface area contributed by atoms with Crippen LogP contribution in [0.3, 0.4) is 0 Å². The van der Waals surface area contributed by atoms with Crippen molar-refractivity contribution in [3.8, 4) is 0 Å². The fraction of sp³-hybridized carbons (Fsp3) is 0.611. The predicted molar refractivity (Wildman–Crippen MR) is 87.8 cm³/mol. The number of benzene rings is 1. The van der Waals surface area contributed by atoms with E-state index in [0.717, 1.165) is 25.0 Å². The van der Waals surface area contributed by atoms with E-state index in [1.807, 2.05) is 12.1 Å². The number of carbonyl (C=O) groups excluding carboxylic acids is 1. The van der Waals surface area contributed by atoms with Crippen LogP contribution in [0.25, 0.3) is 0 Å². The lowest BCUT2D eigenvalue weighted by atomic mass is 10.1. The Kier molecular flexibility index (Phi) is 8.76. The van der Waals surface area contributed by atoms with Crippen LogP contribution in [0.2, 0.25) is 0 Å². The Morgan fingerprint density at radius 3 is 2.54 bits per heavy atom. The minimum absolute atomic E-state index is 0.0634. The summed E-state index contributed by atoms with van der Waals surface area (Å²) in [6.45, 7) is 3.39. The second-order valence-electron chi connectivity index (χ2n) is 5.52. The van der Waals surface area contributed by atoms with E-state index in [0.29, 0.717) is 38.6 Å². The Hall–Kier alpha value is -1.47. The molecule has 0 spiro atoms. The summed E-state index contributed by atoms with van der Waals surface area (Å²) in [5.74, 6) is -0.336. The maximum Gasteiger partial charge on any atom is 0.337 e. The van der Waals surface area contributed by atoms with Crippen molar-refractivity contribution in [1.29, 1.82) is 0 Å². The highest BCUT2D eigenvalue weighted by Gasteiger charge is 2.13. The number of ether oxygens (including phenoxy) is 5. The molecule has 1 fully saturated rings. The highest BCUT2D eigenvalue weighted by Crippen LogP contribution is 2.13. The molecule has 1 aliphatic rings. The van der Waals surface area contributed by atoms with Crippen molar-refractivity contribution in [2.75, 3.05) is 40.1 Å². The van der Waals surface area contributed by atoms with Gasteiger partial charge in [-0.1, -0.05) is 12.1 Å². The molecule has 1 aliphatic heterocycles. The van der Waals surface area contributed by atoms with E-state index >= 15 is 0 Å². The van der Waals surface area contributed by atoms with Gasteiger partial charge in [0.1, 0.15) is 0 Å². The number of methoxy groups -OCH3 is 1. The predicted octanol–water partition coefficient (Wildman–Crippen LogP) is 2.55. The van der Waals surface area contributed by atoms with Crippen LogP contribution in [0.15, 0.2) is 24.3 Å². The number of hydrogen-bond acceptors (Lipinski definition) is 6. The third kappa shape index (κ3) is 6.97. The Bertz CT molecular complexity index is 467. The van der Waals surface area contributed by atoms with E-state index in [1.165, 1.54) is 13.5 Å². The molecule has 0 aromatic heterocycles. The first-order chi connectivity index (χ1) is 11.8. The molecular weight excluding hydrogens is 312 g/mol. The zero-order valence-corrected chi connectivity index (χ0v) is 14.2. The SMILES string of the molecule is COC(=O)c1ccc(COCCOCCOC2CCCCO2)cc1. The van der Waals surface area contributed by atoms with Crippen molar-refractivity contribution in [2.24, 2.45) is 0 Å². The van der Waals surface area contributed by atoms with Crippen LogP contribution in [0.5, 0.6) is 0 Å². The van der Waals surface area contributed by atoms with Gasteiger partial charge in [-0.3, -0.25) is 0 Å². The summed E-state index contributed by atoms with van der Waals surface area (Å²) < 4.78 is 26.7. The smallest absolute Gasteiger partial charge is 0.337 e. The molecule has 1 aromatic rings. The molecule has 6 heteroatoms. The maximum atomic E-state index is 11.3. The highest BCUT2D eigenvalue weighted by atomic mass is 16.7. The van der Waals surface area contributed by atoms with E-state index in [-0.39, 0.29) is 12.3 Å². The molecule has 1 heterocycles. The summed E-state index contributed by atoms with van der Waals surface area (Å²) in [6, 6.07) is 7.16. The molecule has 1 aromatic carbocycles. The van der Waals surface area contributed by atoms with Crippen LogP contribution < -0.4 is 0 Å². The lowest BCUT2D eigenvalue weighted by molar-refractivity contribution is -0.169. The first-order valence-electron chi connectivity index (χ1n) is 8.35. The molecule has 0 saturated carbocycles. The fourth-order valence-electron chi connectivity index (χ4n) is 2.35. The second kappa shape index (κ2) is 11.1. The fourth-order valence-corrected chi connectivity index (χ4v) is 2.35. The zero-order chi connectivity index (χ0) is 17.0. The Morgan fingerprint density at radius 1 is 1.08 bits per heavy atom. The molecule has 1 atom stereocenters. The van der Waals surface area contributed by atoms with Crippen LogP contribution in [-0.2, 0) is 30.3 Å². The summed E-state index contributed by atoms with van der Waals surface area (Å²) in [4.78, 5) is 11.3. The van der Waals surface area contributed by atoms with Gasteiger partial charge in [-0.05, 0) is 37.0 Å². The maximum absolute atomic E-state index is 11.3. The van der Waals surface area contributed by atoms with Gasteiger partial charge in [0.25, 0.3) is 0 Å².